The Hall–Kier alpha value is -1.60. The maximum atomic E-state index is 11.8. The van der Waals surface area contributed by atoms with Crippen LogP contribution in [-0.4, -0.2) is 23.2 Å². The van der Waals surface area contributed by atoms with Gasteiger partial charge >= 0.3 is 13.2 Å². The monoisotopic (exact) mass is 256 g/mol. The summed E-state index contributed by atoms with van der Waals surface area (Å²) in [6.07, 6.45) is 0. The van der Waals surface area contributed by atoms with Crippen molar-refractivity contribution < 1.29 is 27.0 Å². The lowest BCUT2D eigenvalue weighted by Crippen LogP contribution is -2.08. The fraction of sp³-hybridized carbons (Fsp3) is 0.556. The van der Waals surface area contributed by atoms with E-state index in [0.29, 0.717) is 0 Å². The number of aromatic nitrogens is 2. The van der Waals surface area contributed by atoms with Crippen LogP contribution < -0.4 is 9.47 Å². The summed E-state index contributed by atoms with van der Waals surface area (Å²) in [5.41, 5.74) is 0. The van der Waals surface area contributed by atoms with Crippen molar-refractivity contribution in [2.24, 2.45) is 0 Å². The maximum absolute atomic E-state index is 11.8. The van der Waals surface area contributed by atoms with Crippen LogP contribution in [0.25, 0.3) is 0 Å². The van der Waals surface area contributed by atoms with Gasteiger partial charge < -0.3 is 9.47 Å². The number of nitrogens with zero attached hydrogens (tertiary/aromatic N) is 2. The third-order valence-corrected chi connectivity index (χ3v) is 1.21. The Morgan fingerprint density at radius 3 is 1.59 bits per heavy atom. The number of hydrogen-bond donors (Lipinski definition) is 0. The molecule has 4 nitrogen and oxygen atoms in total. The van der Waals surface area contributed by atoms with Crippen LogP contribution in [0, 0.1) is 6.92 Å². The molecule has 1 rings (SSSR count). The molecular weight excluding hydrogens is 244 g/mol. The topological polar surface area (TPSA) is 44.2 Å². The molecular formula is C9H12F4N2O2. The van der Waals surface area contributed by atoms with Crippen LogP contribution in [0.1, 0.15) is 19.7 Å². The summed E-state index contributed by atoms with van der Waals surface area (Å²) in [6.45, 7) is -0.839. The van der Waals surface area contributed by atoms with Crippen molar-refractivity contribution in [2.45, 2.75) is 34.0 Å². The number of alkyl halides is 4. The highest BCUT2D eigenvalue weighted by atomic mass is 19.3. The van der Waals surface area contributed by atoms with Gasteiger partial charge in [-0.1, -0.05) is 13.8 Å². The minimum atomic E-state index is -3.08. The van der Waals surface area contributed by atoms with Crippen LogP contribution in [0.4, 0.5) is 17.6 Å². The molecule has 0 spiro atoms. The summed E-state index contributed by atoms with van der Waals surface area (Å²) in [7, 11) is 0. The van der Waals surface area contributed by atoms with E-state index in [2.05, 4.69) is 19.4 Å². The Kier molecular flexibility index (Phi) is 6.92. The molecule has 17 heavy (non-hydrogen) atoms. The van der Waals surface area contributed by atoms with Crippen LogP contribution >= 0.6 is 0 Å². The van der Waals surface area contributed by atoms with Crippen LogP contribution in [-0.2, 0) is 0 Å². The third kappa shape index (κ3) is 6.54. The molecule has 0 aliphatic heterocycles. The zero-order chi connectivity index (χ0) is 13.4. The van der Waals surface area contributed by atoms with E-state index in [1.54, 1.807) is 0 Å². The van der Waals surface area contributed by atoms with Gasteiger partial charge in [-0.2, -0.15) is 27.5 Å². The van der Waals surface area contributed by atoms with Gasteiger partial charge in [-0.25, -0.2) is 0 Å². The molecule has 0 aliphatic carbocycles. The molecule has 0 fully saturated rings. The molecule has 0 atom stereocenters. The summed E-state index contributed by atoms with van der Waals surface area (Å²) >= 11 is 0. The molecule has 0 unspecified atom stereocenters. The SMILES string of the molecule is CC.Cc1nc(OC(F)F)cc(OC(F)F)n1. The summed E-state index contributed by atoms with van der Waals surface area (Å²) in [4.78, 5) is 6.89. The molecule has 98 valence electrons. The van der Waals surface area contributed by atoms with Gasteiger partial charge in [0.1, 0.15) is 5.82 Å². The highest BCUT2D eigenvalue weighted by Gasteiger charge is 2.11. The minimum absolute atomic E-state index is 0.0104. The van der Waals surface area contributed by atoms with Crippen molar-refractivity contribution in [3.63, 3.8) is 0 Å². The van der Waals surface area contributed by atoms with Gasteiger partial charge in [0.25, 0.3) is 0 Å². The quantitative estimate of drug-likeness (QED) is 0.777. The van der Waals surface area contributed by atoms with Gasteiger partial charge in [-0.05, 0) is 6.92 Å². The predicted molar refractivity (Wildman–Crippen MR) is 51.4 cm³/mol. The first-order chi connectivity index (χ1) is 7.97. The Labute approximate surface area is 95.6 Å². The molecule has 0 N–H and O–H groups in total. The molecule has 0 amide bonds. The zero-order valence-corrected chi connectivity index (χ0v) is 9.45. The highest BCUT2D eigenvalue weighted by molar-refractivity contribution is 5.20. The fourth-order valence-corrected chi connectivity index (χ4v) is 0.817. The normalized spacial score (nSPS) is 9.94. The largest absolute Gasteiger partial charge is 0.417 e. The molecule has 1 aromatic heterocycles. The molecule has 0 saturated carbocycles. The average Bonchev–Trinajstić information content (AvgIpc) is 2.17. The summed E-state index contributed by atoms with van der Waals surface area (Å²) in [5.74, 6) is -1.05. The minimum Gasteiger partial charge on any atom is -0.417 e. The molecule has 1 heterocycles. The van der Waals surface area contributed by atoms with Gasteiger partial charge in [0.15, 0.2) is 0 Å². The Morgan fingerprint density at radius 1 is 0.941 bits per heavy atom. The first-order valence-electron chi connectivity index (χ1n) is 4.72. The smallest absolute Gasteiger partial charge is 0.388 e. The van der Waals surface area contributed by atoms with Gasteiger partial charge in [0, 0.05) is 0 Å². The van der Waals surface area contributed by atoms with E-state index < -0.39 is 25.0 Å². The van der Waals surface area contributed by atoms with E-state index >= 15 is 0 Å². The maximum Gasteiger partial charge on any atom is 0.388 e. The van der Waals surface area contributed by atoms with Crippen LogP contribution in [0.5, 0.6) is 11.8 Å². The second-order valence-electron chi connectivity index (χ2n) is 2.35. The summed E-state index contributed by atoms with van der Waals surface area (Å²) < 4.78 is 54.9. The highest BCUT2D eigenvalue weighted by Crippen LogP contribution is 2.18. The molecule has 0 aliphatic rings. The van der Waals surface area contributed by atoms with Crippen LogP contribution in [0.3, 0.4) is 0 Å². The lowest BCUT2D eigenvalue weighted by Gasteiger charge is -2.07. The van der Waals surface area contributed by atoms with Crippen molar-refractivity contribution in [3.05, 3.63) is 11.9 Å². The van der Waals surface area contributed by atoms with Crippen LogP contribution in [0.2, 0.25) is 0 Å². The second-order valence-corrected chi connectivity index (χ2v) is 2.35. The summed E-state index contributed by atoms with van der Waals surface area (Å²) in [6, 6.07) is 0.755. The average molecular weight is 256 g/mol. The van der Waals surface area contributed by atoms with Gasteiger partial charge in [-0.3, -0.25) is 0 Å². The standard InChI is InChI=1S/C7H6F4N2O2.C2H6/c1-3-12-4(14-6(8)9)2-5(13-3)15-7(10)11;1-2/h2,6-7H,1H3;1-2H3. The van der Waals surface area contributed by atoms with E-state index in [-0.39, 0.29) is 5.82 Å². The van der Waals surface area contributed by atoms with E-state index in [9.17, 15) is 17.6 Å². The zero-order valence-electron chi connectivity index (χ0n) is 9.45. The number of rotatable bonds is 4. The molecule has 8 heteroatoms. The second kappa shape index (κ2) is 7.64. The molecule has 0 saturated heterocycles. The van der Waals surface area contributed by atoms with Crippen molar-refractivity contribution in [2.75, 3.05) is 0 Å². The summed E-state index contributed by atoms with van der Waals surface area (Å²) in [5, 5.41) is 0. The van der Waals surface area contributed by atoms with Gasteiger partial charge in [0.2, 0.25) is 11.8 Å². The first kappa shape index (κ1) is 15.4. The van der Waals surface area contributed by atoms with Crippen molar-refractivity contribution in [3.8, 4) is 11.8 Å². The Morgan fingerprint density at radius 2 is 1.29 bits per heavy atom. The molecule has 0 bridgehead atoms. The van der Waals surface area contributed by atoms with Gasteiger partial charge in [0.05, 0.1) is 6.07 Å². The number of aryl methyl sites for hydroxylation is 1. The van der Waals surface area contributed by atoms with E-state index in [0.717, 1.165) is 6.07 Å². The van der Waals surface area contributed by atoms with E-state index in [4.69, 9.17) is 0 Å². The molecule has 1 aromatic rings. The van der Waals surface area contributed by atoms with Crippen molar-refractivity contribution >= 4 is 0 Å². The Balaban J connectivity index is 0.00000121. The lowest BCUT2D eigenvalue weighted by atomic mass is 10.5. The Bertz CT molecular complexity index is 309. The fourth-order valence-electron chi connectivity index (χ4n) is 0.817. The first-order valence-corrected chi connectivity index (χ1v) is 4.72. The van der Waals surface area contributed by atoms with Crippen molar-refractivity contribution in [1.29, 1.82) is 0 Å². The number of halogens is 4. The van der Waals surface area contributed by atoms with E-state index in [1.807, 2.05) is 13.8 Å². The number of hydrogen-bond acceptors (Lipinski definition) is 4. The van der Waals surface area contributed by atoms with E-state index in [1.165, 1.54) is 6.92 Å². The predicted octanol–water partition coefficient (Wildman–Crippen LogP) is 3.01. The van der Waals surface area contributed by atoms with Crippen molar-refractivity contribution in [1.82, 2.24) is 9.97 Å². The lowest BCUT2D eigenvalue weighted by molar-refractivity contribution is -0.0583. The third-order valence-electron chi connectivity index (χ3n) is 1.21. The molecule has 0 aromatic carbocycles. The van der Waals surface area contributed by atoms with Gasteiger partial charge in [-0.15, -0.1) is 0 Å². The molecule has 0 radical (unpaired) electrons. The number of ether oxygens (including phenoxy) is 2. The van der Waals surface area contributed by atoms with Crippen LogP contribution in [0.15, 0.2) is 6.07 Å².